The molecule has 0 N–H and O–H groups in total. The lowest BCUT2D eigenvalue weighted by Crippen LogP contribution is -2.23. The van der Waals surface area contributed by atoms with E-state index >= 15 is 0 Å². The van der Waals surface area contributed by atoms with Crippen molar-refractivity contribution in [3.05, 3.63) is 12.7 Å². The molecule has 0 bridgehead atoms. The number of carbonyl (C=O) groups is 2. The van der Waals surface area contributed by atoms with Crippen LogP contribution in [0.4, 0.5) is 0 Å². The van der Waals surface area contributed by atoms with Gasteiger partial charge in [0, 0.05) is 12.8 Å². The molecule has 0 aliphatic heterocycles. The molecule has 16 heavy (non-hydrogen) atoms. The fraction of sp³-hybridized carbons (Fsp3) is 0.667. The van der Waals surface area contributed by atoms with Gasteiger partial charge in [-0.05, 0) is 18.9 Å². The second-order valence-corrected chi connectivity index (χ2v) is 3.45. The highest BCUT2D eigenvalue weighted by Gasteiger charge is 2.12. The summed E-state index contributed by atoms with van der Waals surface area (Å²) in [6.07, 6.45) is 3.15. The normalized spacial score (nSPS) is 11.6. The predicted octanol–water partition coefficient (Wildman–Crippen LogP) is 2.23. The minimum Gasteiger partial charge on any atom is -0.461 e. The Hall–Kier alpha value is -1.32. The van der Waals surface area contributed by atoms with Gasteiger partial charge in [0.25, 0.3) is 0 Å². The van der Waals surface area contributed by atoms with Crippen LogP contribution in [0, 0.1) is 0 Å². The molecule has 0 rings (SSSR count). The van der Waals surface area contributed by atoms with Gasteiger partial charge in [0.1, 0.15) is 6.61 Å². The van der Waals surface area contributed by atoms with Gasteiger partial charge >= 0.3 is 11.9 Å². The zero-order valence-electron chi connectivity index (χ0n) is 10.0. The molecule has 0 spiro atoms. The fourth-order valence-electron chi connectivity index (χ4n) is 1.03. The van der Waals surface area contributed by atoms with Crippen molar-refractivity contribution in [1.29, 1.82) is 0 Å². The number of esters is 2. The Morgan fingerprint density at radius 2 is 1.75 bits per heavy atom. The van der Waals surface area contributed by atoms with Crippen molar-refractivity contribution < 1.29 is 19.1 Å². The lowest BCUT2D eigenvalue weighted by atomic mass is 10.3. The maximum absolute atomic E-state index is 11.2. The van der Waals surface area contributed by atoms with Crippen molar-refractivity contribution in [2.45, 2.75) is 45.6 Å². The third-order valence-corrected chi connectivity index (χ3v) is 1.86. The molecule has 0 fully saturated rings. The largest absolute Gasteiger partial charge is 0.461 e. The molecule has 0 aromatic rings. The van der Waals surface area contributed by atoms with Gasteiger partial charge in [-0.15, -0.1) is 0 Å². The molecular weight excluding hydrogens is 208 g/mol. The fourth-order valence-corrected chi connectivity index (χ4v) is 1.03. The van der Waals surface area contributed by atoms with E-state index in [1.54, 1.807) is 0 Å². The third kappa shape index (κ3) is 7.04. The van der Waals surface area contributed by atoms with Crippen molar-refractivity contribution in [2.75, 3.05) is 6.61 Å². The summed E-state index contributed by atoms with van der Waals surface area (Å²) in [7, 11) is 0. The molecule has 0 heterocycles. The number of hydrogen-bond donors (Lipinski definition) is 0. The van der Waals surface area contributed by atoms with E-state index in [1.165, 1.54) is 6.08 Å². The summed E-state index contributed by atoms with van der Waals surface area (Å²) in [4.78, 5) is 22.3. The van der Waals surface area contributed by atoms with Crippen LogP contribution in [0.5, 0.6) is 0 Å². The Balaban J connectivity index is 3.87. The number of ether oxygens (including phenoxy) is 2. The van der Waals surface area contributed by atoms with Crippen LogP contribution in [0.25, 0.3) is 0 Å². The minimum atomic E-state index is -0.542. The molecule has 0 aliphatic carbocycles. The van der Waals surface area contributed by atoms with E-state index in [0.29, 0.717) is 12.8 Å². The van der Waals surface area contributed by atoms with Crippen molar-refractivity contribution in [1.82, 2.24) is 0 Å². The van der Waals surface area contributed by atoms with Gasteiger partial charge in [0.15, 0.2) is 6.10 Å². The number of carbonyl (C=O) groups excluding carboxylic acids is 2. The summed E-state index contributed by atoms with van der Waals surface area (Å²) in [6.45, 7) is 7.37. The number of rotatable bonds is 8. The van der Waals surface area contributed by atoms with Gasteiger partial charge in [0.05, 0.1) is 0 Å². The van der Waals surface area contributed by atoms with Crippen LogP contribution in [-0.4, -0.2) is 24.6 Å². The van der Waals surface area contributed by atoms with E-state index in [9.17, 15) is 9.59 Å². The summed E-state index contributed by atoms with van der Waals surface area (Å²) in [5, 5.41) is 0. The van der Waals surface area contributed by atoms with Crippen LogP contribution in [0.3, 0.4) is 0 Å². The first-order valence-corrected chi connectivity index (χ1v) is 5.61. The first-order chi connectivity index (χ1) is 7.63. The summed E-state index contributed by atoms with van der Waals surface area (Å²) in [5.74, 6) is -0.570. The summed E-state index contributed by atoms with van der Waals surface area (Å²) in [5.41, 5.74) is 0. The second kappa shape index (κ2) is 8.95. The van der Waals surface area contributed by atoms with Gasteiger partial charge in [-0.1, -0.05) is 20.4 Å². The average Bonchev–Trinajstić information content (AvgIpc) is 2.25. The molecule has 0 saturated carbocycles. The summed E-state index contributed by atoms with van der Waals surface area (Å²) in [6, 6.07) is 0. The second-order valence-electron chi connectivity index (χ2n) is 3.45. The van der Waals surface area contributed by atoms with E-state index < -0.39 is 6.10 Å². The van der Waals surface area contributed by atoms with Crippen LogP contribution < -0.4 is 0 Å². The van der Waals surface area contributed by atoms with E-state index in [0.717, 1.165) is 12.8 Å². The van der Waals surface area contributed by atoms with Gasteiger partial charge in [-0.25, -0.2) is 0 Å². The Bertz CT molecular complexity index is 235. The van der Waals surface area contributed by atoms with E-state index in [-0.39, 0.29) is 18.5 Å². The Morgan fingerprint density at radius 3 is 2.25 bits per heavy atom. The zero-order chi connectivity index (χ0) is 12.4. The molecule has 0 aliphatic rings. The number of hydrogen-bond acceptors (Lipinski definition) is 4. The van der Waals surface area contributed by atoms with E-state index in [1.807, 2.05) is 13.8 Å². The molecular formula is C12H20O4. The quantitative estimate of drug-likeness (QED) is 0.472. The van der Waals surface area contributed by atoms with Gasteiger partial charge in [0.2, 0.25) is 0 Å². The molecule has 0 saturated heterocycles. The van der Waals surface area contributed by atoms with Crippen LogP contribution in [0.2, 0.25) is 0 Å². The average molecular weight is 228 g/mol. The maximum Gasteiger partial charge on any atom is 0.306 e. The van der Waals surface area contributed by atoms with Gasteiger partial charge < -0.3 is 9.47 Å². The van der Waals surface area contributed by atoms with Crippen molar-refractivity contribution in [3.8, 4) is 0 Å². The topological polar surface area (TPSA) is 52.6 Å². The first kappa shape index (κ1) is 14.7. The molecule has 1 unspecified atom stereocenters. The Morgan fingerprint density at radius 1 is 1.19 bits per heavy atom. The standard InChI is InChI=1S/C12H20O4/c1-4-7-11(13)15-9-10(6-3)16-12(14)8-5-2/h6,10H,3-5,7-9H2,1-2H3. The van der Waals surface area contributed by atoms with Crippen LogP contribution in [0.15, 0.2) is 12.7 Å². The summed E-state index contributed by atoms with van der Waals surface area (Å²) < 4.78 is 9.96. The highest BCUT2D eigenvalue weighted by Crippen LogP contribution is 2.01. The third-order valence-electron chi connectivity index (χ3n) is 1.86. The van der Waals surface area contributed by atoms with E-state index in [4.69, 9.17) is 9.47 Å². The van der Waals surface area contributed by atoms with Crippen molar-refractivity contribution in [3.63, 3.8) is 0 Å². The SMILES string of the molecule is C=CC(COC(=O)CCC)OC(=O)CCC. The lowest BCUT2D eigenvalue weighted by molar-refractivity contribution is -0.156. The van der Waals surface area contributed by atoms with Crippen molar-refractivity contribution in [2.24, 2.45) is 0 Å². The van der Waals surface area contributed by atoms with Gasteiger partial charge in [-0.3, -0.25) is 9.59 Å². The molecule has 0 amide bonds. The molecule has 1 atom stereocenters. The molecule has 0 radical (unpaired) electrons. The smallest absolute Gasteiger partial charge is 0.306 e. The Kier molecular flexibility index (Phi) is 8.21. The minimum absolute atomic E-state index is 0.0534. The Labute approximate surface area is 96.6 Å². The molecule has 4 heteroatoms. The molecule has 4 nitrogen and oxygen atoms in total. The zero-order valence-corrected chi connectivity index (χ0v) is 10.0. The van der Waals surface area contributed by atoms with Crippen LogP contribution >= 0.6 is 0 Å². The molecule has 0 aromatic carbocycles. The predicted molar refractivity (Wildman–Crippen MR) is 60.9 cm³/mol. The molecule has 92 valence electrons. The maximum atomic E-state index is 11.2. The highest BCUT2D eigenvalue weighted by atomic mass is 16.6. The van der Waals surface area contributed by atoms with E-state index in [2.05, 4.69) is 6.58 Å². The van der Waals surface area contributed by atoms with Crippen LogP contribution in [0.1, 0.15) is 39.5 Å². The monoisotopic (exact) mass is 228 g/mol. The highest BCUT2D eigenvalue weighted by molar-refractivity contribution is 5.70. The lowest BCUT2D eigenvalue weighted by Gasteiger charge is -2.13. The summed E-state index contributed by atoms with van der Waals surface area (Å²) >= 11 is 0. The first-order valence-electron chi connectivity index (χ1n) is 5.61. The van der Waals surface area contributed by atoms with Crippen LogP contribution in [-0.2, 0) is 19.1 Å². The van der Waals surface area contributed by atoms with Crippen molar-refractivity contribution >= 4 is 11.9 Å². The molecule has 0 aromatic heterocycles. The van der Waals surface area contributed by atoms with Gasteiger partial charge in [-0.2, -0.15) is 0 Å².